The third kappa shape index (κ3) is 6.18. The van der Waals surface area contributed by atoms with E-state index in [0.717, 1.165) is 49.1 Å². The number of benzene rings is 3. The number of thiocarbonyl (C=S) groups is 1. The average molecular weight is 463 g/mol. The molecule has 0 radical (unpaired) electrons. The van der Waals surface area contributed by atoms with Crippen LogP contribution in [0.4, 0.5) is 23.2 Å². The Kier molecular flexibility index (Phi) is 8.17. The normalized spacial score (nSPS) is 9.85. The number of nitrogens with zero attached hydrogens (tertiary/aromatic N) is 1. The van der Waals surface area contributed by atoms with Gasteiger partial charge in [-0.15, -0.1) is 0 Å². The van der Waals surface area contributed by atoms with E-state index in [1.807, 2.05) is 5.16 Å². The van der Waals surface area contributed by atoms with Crippen LogP contribution in [0.15, 0.2) is 53.5 Å². The zero-order valence-corrected chi connectivity index (χ0v) is 18.4. The fraction of sp³-hybridized carbons (Fsp3) is 0.148. The Hall–Kier alpha value is -3.70. The van der Waals surface area contributed by atoms with Crippen molar-refractivity contribution in [1.82, 2.24) is 0 Å². The Morgan fingerprint density at radius 2 is 1.39 bits per heavy atom. The van der Waals surface area contributed by atoms with Crippen LogP contribution in [0.25, 0.3) is 11.1 Å². The van der Waals surface area contributed by atoms with E-state index < -0.39 is 34.5 Å². The van der Waals surface area contributed by atoms with E-state index in [2.05, 4.69) is 47.8 Å². The topological polar surface area (TPSA) is 12.4 Å². The van der Waals surface area contributed by atoms with Crippen LogP contribution in [0.3, 0.4) is 0 Å². The van der Waals surface area contributed by atoms with Gasteiger partial charge in [-0.3, -0.25) is 0 Å². The predicted molar refractivity (Wildman–Crippen MR) is 125 cm³/mol. The number of halogens is 4. The van der Waals surface area contributed by atoms with Crippen LogP contribution < -0.4 is 0 Å². The minimum atomic E-state index is -1.01. The van der Waals surface area contributed by atoms with E-state index in [0.29, 0.717) is 11.1 Å². The molecule has 0 atom stereocenters. The Balaban J connectivity index is 1.86. The molecule has 3 aromatic rings. The van der Waals surface area contributed by atoms with Crippen molar-refractivity contribution >= 4 is 23.1 Å². The molecule has 0 aromatic heterocycles. The van der Waals surface area contributed by atoms with Gasteiger partial charge in [0.05, 0.1) is 10.7 Å². The third-order valence-corrected chi connectivity index (χ3v) is 4.75. The maximum atomic E-state index is 14.6. The van der Waals surface area contributed by atoms with Crippen molar-refractivity contribution in [3.63, 3.8) is 0 Å². The van der Waals surface area contributed by atoms with Crippen molar-refractivity contribution in [3.8, 4) is 34.8 Å². The molecular weight excluding hydrogens is 446 g/mol. The molecule has 0 bridgehead atoms. The molecule has 164 valence electrons. The molecule has 0 unspecified atom stereocenters. The van der Waals surface area contributed by atoms with Gasteiger partial charge in [-0.2, -0.15) is 4.99 Å². The van der Waals surface area contributed by atoms with Gasteiger partial charge >= 0.3 is 0 Å². The van der Waals surface area contributed by atoms with Crippen LogP contribution in [0.2, 0.25) is 0 Å². The minimum Gasteiger partial charge on any atom is -0.205 e. The van der Waals surface area contributed by atoms with Crippen molar-refractivity contribution < 1.29 is 17.6 Å². The van der Waals surface area contributed by atoms with Gasteiger partial charge in [-0.05, 0) is 66.2 Å². The van der Waals surface area contributed by atoms with Crippen LogP contribution >= 0.6 is 12.2 Å². The highest BCUT2D eigenvalue weighted by atomic mass is 32.1. The van der Waals surface area contributed by atoms with Crippen molar-refractivity contribution in [2.45, 2.75) is 26.2 Å². The van der Waals surface area contributed by atoms with Crippen LogP contribution in [0, 0.1) is 47.0 Å². The zero-order valence-electron chi connectivity index (χ0n) is 17.6. The summed E-state index contributed by atoms with van der Waals surface area (Å²) >= 11 is 4.34. The van der Waals surface area contributed by atoms with Crippen LogP contribution in [-0.4, -0.2) is 5.16 Å². The van der Waals surface area contributed by atoms with Gasteiger partial charge in [-0.25, -0.2) is 17.6 Å². The predicted octanol–water partition coefficient (Wildman–Crippen LogP) is 7.59. The lowest BCUT2D eigenvalue weighted by Gasteiger charge is -2.05. The number of hydrogen-bond donors (Lipinski definition) is 0. The summed E-state index contributed by atoms with van der Waals surface area (Å²) in [6, 6.07) is 11.2. The molecule has 1 nitrogen and oxygen atoms in total. The van der Waals surface area contributed by atoms with Crippen molar-refractivity contribution in [2.75, 3.05) is 0 Å². The Bertz CT molecular complexity index is 1300. The first-order chi connectivity index (χ1) is 15.9. The monoisotopic (exact) mass is 463 g/mol. The zero-order chi connectivity index (χ0) is 23.8. The number of rotatable bonds is 4. The quantitative estimate of drug-likeness (QED) is 0.128. The standard InChI is InChI=1S/C27H17F4NS/c1-2-3-4-5-6-18-7-10-20(11-8-18)21-15-23(28)22(24(29)16-21)12-9-19-13-25(30)27(32-17-33)26(31)14-19/h7-8,10-11,13-16H,2-4H2,1H3. The van der Waals surface area contributed by atoms with Crippen LogP contribution in [0.1, 0.15) is 42.9 Å². The molecule has 6 heteroatoms. The smallest absolute Gasteiger partial charge is 0.153 e. The second-order valence-electron chi connectivity index (χ2n) is 7.04. The number of aliphatic imine (C=N–C) groups is 1. The molecule has 0 amide bonds. The van der Waals surface area contributed by atoms with Gasteiger partial charge in [0.1, 0.15) is 17.3 Å². The summed E-state index contributed by atoms with van der Waals surface area (Å²) in [7, 11) is 0. The fourth-order valence-electron chi connectivity index (χ4n) is 2.96. The molecule has 0 fully saturated rings. The highest BCUT2D eigenvalue weighted by molar-refractivity contribution is 7.78. The molecule has 3 rings (SSSR count). The molecule has 0 aliphatic rings. The summed E-state index contributed by atoms with van der Waals surface area (Å²) in [5.41, 5.74) is 0.562. The molecule has 0 heterocycles. The summed E-state index contributed by atoms with van der Waals surface area (Å²) in [5, 5.41) is 1.88. The summed E-state index contributed by atoms with van der Waals surface area (Å²) in [6.45, 7) is 2.10. The first-order valence-electron chi connectivity index (χ1n) is 10.1. The summed E-state index contributed by atoms with van der Waals surface area (Å²) in [5.74, 6) is 7.04. The Morgan fingerprint density at radius 3 is 1.97 bits per heavy atom. The van der Waals surface area contributed by atoms with Crippen molar-refractivity contribution in [1.29, 1.82) is 0 Å². The van der Waals surface area contributed by atoms with E-state index in [1.165, 1.54) is 0 Å². The second-order valence-corrected chi connectivity index (χ2v) is 7.22. The second kappa shape index (κ2) is 11.2. The van der Waals surface area contributed by atoms with Gasteiger partial charge < -0.3 is 0 Å². The number of isothiocyanates is 1. The molecule has 3 aromatic carbocycles. The fourth-order valence-corrected chi connectivity index (χ4v) is 3.05. The maximum absolute atomic E-state index is 14.6. The van der Waals surface area contributed by atoms with E-state index in [-0.39, 0.29) is 5.56 Å². The van der Waals surface area contributed by atoms with Gasteiger partial charge in [0, 0.05) is 17.5 Å². The summed E-state index contributed by atoms with van der Waals surface area (Å²) in [4.78, 5) is 3.30. The van der Waals surface area contributed by atoms with E-state index >= 15 is 0 Å². The lowest BCUT2D eigenvalue weighted by Crippen LogP contribution is -1.93. The lowest BCUT2D eigenvalue weighted by molar-refractivity contribution is 0.578. The molecule has 33 heavy (non-hydrogen) atoms. The van der Waals surface area contributed by atoms with Crippen LogP contribution in [0.5, 0.6) is 0 Å². The lowest BCUT2D eigenvalue weighted by atomic mass is 10.0. The molecule has 0 saturated carbocycles. The molecule has 0 aliphatic heterocycles. The van der Waals surface area contributed by atoms with Crippen molar-refractivity contribution in [2.24, 2.45) is 4.99 Å². The van der Waals surface area contributed by atoms with Gasteiger partial charge in [0.2, 0.25) is 0 Å². The van der Waals surface area contributed by atoms with Crippen molar-refractivity contribution in [3.05, 3.63) is 88.5 Å². The van der Waals surface area contributed by atoms with Gasteiger partial charge in [-0.1, -0.05) is 49.2 Å². The largest absolute Gasteiger partial charge is 0.205 e. The first kappa shape index (κ1) is 24.0. The maximum Gasteiger partial charge on any atom is 0.153 e. The molecular formula is C27H17F4NS. The SMILES string of the molecule is CCCCC#Cc1ccc(-c2cc(F)c(C#Cc3cc(F)c(N=C=S)c(F)c3)c(F)c2)cc1. The average Bonchev–Trinajstić information content (AvgIpc) is 2.79. The summed E-state index contributed by atoms with van der Waals surface area (Å²) < 4.78 is 57.0. The Labute approximate surface area is 195 Å². The highest BCUT2D eigenvalue weighted by Crippen LogP contribution is 2.26. The summed E-state index contributed by atoms with van der Waals surface area (Å²) in [6.07, 6.45) is 2.94. The van der Waals surface area contributed by atoms with E-state index in [4.69, 9.17) is 0 Å². The van der Waals surface area contributed by atoms with E-state index in [1.54, 1.807) is 24.3 Å². The number of hydrogen-bond acceptors (Lipinski definition) is 2. The minimum absolute atomic E-state index is 0.105. The van der Waals surface area contributed by atoms with E-state index in [9.17, 15) is 17.6 Å². The third-order valence-electron chi connectivity index (χ3n) is 4.65. The number of unbranched alkanes of at least 4 members (excludes halogenated alkanes) is 2. The Morgan fingerprint density at radius 1 is 0.758 bits per heavy atom. The van der Waals surface area contributed by atoms with Gasteiger partial charge in [0.25, 0.3) is 0 Å². The molecule has 0 N–H and O–H groups in total. The van der Waals surface area contributed by atoms with Crippen LogP contribution in [-0.2, 0) is 0 Å². The molecule has 0 aliphatic carbocycles. The van der Waals surface area contributed by atoms with Gasteiger partial charge in [0.15, 0.2) is 11.6 Å². The highest BCUT2D eigenvalue weighted by Gasteiger charge is 2.12. The molecule has 0 saturated heterocycles. The first-order valence-corrected chi connectivity index (χ1v) is 10.5. The molecule has 0 spiro atoms.